The number of halogens is 1. The van der Waals surface area contributed by atoms with E-state index in [2.05, 4.69) is 40.0 Å². The van der Waals surface area contributed by atoms with Gasteiger partial charge in [0, 0.05) is 36.6 Å². The van der Waals surface area contributed by atoms with Gasteiger partial charge in [0.2, 0.25) is 0 Å². The Morgan fingerprint density at radius 3 is 2.65 bits per heavy atom. The predicted octanol–water partition coefficient (Wildman–Crippen LogP) is 4.05. The maximum absolute atomic E-state index is 13.7. The summed E-state index contributed by atoms with van der Waals surface area (Å²) in [6, 6.07) is 18.7. The van der Waals surface area contributed by atoms with Crippen molar-refractivity contribution in [3.05, 3.63) is 72.0 Å². The van der Waals surface area contributed by atoms with Gasteiger partial charge < -0.3 is 15.5 Å². The van der Waals surface area contributed by atoms with Crippen molar-refractivity contribution >= 4 is 17.2 Å². The number of nitrogens with zero attached hydrogens (tertiary/aromatic N) is 3. The van der Waals surface area contributed by atoms with Crippen molar-refractivity contribution in [2.24, 2.45) is 0 Å². The van der Waals surface area contributed by atoms with Gasteiger partial charge in [0.15, 0.2) is 0 Å². The van der Waals surface area contributed by atoms with Crippen LogP contribution in [-0.2, 0) is 6.54 Å². The van der Waals surface area contributed by atoms with Crippen LogP contribution < -0.4 is 10.6 Å². The van der Waals surface area contributed by atoms with E-state index in [0.29, 0.717) is 5.82 Å². The third-order valence-electron chi connectivity index (χ3n) is 4.70. The minimum Gasteiger partial charge on any atom is -0.384 e. The Balaban J connectivity index is 1.79. The van der Waals surface area contributed by atoms with E-state index in [1.165, 1.54) is 11.6 Å². The second kappa shape index (κ2) is 6.77. The van der Waals surface area contributed by atoms with Gasteiger partial charge in [-0.15, -0.1) is 0 Å². The molecule has 1 aliphatic heterocycles. The summed E-state index contributed by atoms with van der Waals surface area (Å²) < 4.78 is 13.7. The van der Waals surface area contributed by atoms with Crippen LogP contribution in [0.5, 0.6) is 0 Å². The lowest BCUT2D eigenvalue weighted by molar-refractivity contribution is 0.343. The van der Waals surface area contributed by atoms with E-state index in [1.54, 1.807) is 18.2 Å². The van der Waals surface area contributed by atoms with Crippen molar-refractivity contribution in [1.29, 1.82) is 0 Å². The molecule has 0 fully saturated rings. The first kappa shape index (κ1) is 16.5. The molecule has 0 unspecified atom stereocenters. The molecule has 2 heterocycles. The summed E-state index contributed by atoms with van der Waals surface area (Å²) in [5.41, 5.74) is 10.9. The van der Waals surface area contributed by atoms with Crippen molar-refractivity contribution < 1.29 is 4.39 Å². The molecule has 0 spiro atoms. The molecule has 0 radical (unpaired) electrons. The Morgan fingerprint density at radius 2 is 1.85 bits per heavy atom. The summed E-state index contributed by atoms with van der Waals surface area (Å²) in [6.07, 6.45) is 0. The van der Waals surface area contributed by atoms with Crippen LogP contribution in [0.3, 0.4) is 0 Å². The van der Waals surface area contributed by atoms with Gasteiger partial charge in [-0.25, -0.2) is 9.37 Å². The third-order valence-corrected chi connectivity index (χ3v) is 4.70. The molecule has 5 heteroatoms. The van der Waals surface area contributed by atoms with E-state index in [1.807, 2.05) is 18.2 Å². The van der Waals surface area contributed by atoms with Gasteiger partial charge in [0.25, 0.3) is 0 Å². The van der Waals surface area contributed by atoms with Crippen LogP contribution in [0.2, 0.25) is 0 Å². The summed E-state index contributed by atoms with van der Waals surface area (Å²) in [7, 11) is 2.10. The van der Waals surface area contributed by atoms with Crippen LogP contribution in [0.25, 0.3) is 11.3 Å². The lowest BCUT2D eigenvalue weighted by atomic mass is 10.0. The van der Waals surface area contributed by atoms with Crippen LogP contribution in [-0.4, -0.2) is 30.0 Å². The van der Waals surface area contributed by atoms with Crippen LogP contribution in [0.1, 0.15) is 5.56 Å². The molecule has 0 atom stereocenters. The molecule has 0 amide bonds. The lowest BCUT2D eigenvalue weighted by Crippen LogP contribution is -2.26. The molecular weight excluding hydrogens is 327 g/mol. The number of benzene rings is 2. The molecule has 0 saturated carbocycles. The number of anilines is 3. The molecule has 26 heavy (non-hydrogen) atoms. The van der Waals surface area contributed by atoms with Crippen molar-refractivity contribution in [2.45, 2.75) is 6.54 Å². The second-order valence-corrected chi connectivity index (χ2v) is 6.66. The van der Waals surface area contributed by atoms with Crippen molar-refractivity contribution in [3.63, 3.8) is 0 Å². The topological polar surface area (TPSA) is 45.4 Å². The molecule has 1 aromatic heterocycles. The molecule has 0 bridgehead atoms. The molecule has 0 saturated heterocycles. The fourth-order valence-electron chi connectivity index (χ4n) is 3.42. The Hall–Kier alpha value is -2.92. The molecule has 1 aliphatic rings. The van der Waals surface area contributed by atoms with E-state index in [-0.39, 0.29) is 5.82 Å². The molecule has 4 nitrogen and oxygen atoms in total. The third kappa shape index (κ3) is 3.26. The van der Waals surface area contributed by atoms with E-state index in [0.717, 1.165) is 42.3 Å². The largest absolute Gasteiger partial charge is 0.384 e. The highest BCUT2D eigenvalue weighted by Crippen LogP contribution is 2.34. The highest BCUT2D eigenvalue weighted by atomic mass is 19.1. The monoisotopic (exact) mass is 348 g/mol. The minimum absolute atomic E-state index is 0.220. The van der Waals surface area contributed by atoms with Gasteiger partial charge in [-0.2, -0.15) is 0 Å². The predicted molar refractivity (Wildman–Crippen MR) is 104 cm³/mol. The van der Waals surface area contributed by atoms with Gasteiger partial charge in [-0.1, -0.05) is 18.2 Å². The lowest BCUT2D eigenvalue weighted by Gasteiger charge is -2.25. The number of nitrogens with two attached hydrogens (primary N) is 1. The average molecular weight is 348 g/mol. The van der Waals surface area contributed by atoms with Crippen molar-refractivity contribution in [2.75, 3.05) is 30.8 Å². The number of likely N-dealkylation sites (N-methyl/N-ethyl adjacent to an activating group) is 1. The summed E-state index contributed by atoms with van der Waals surface area (Å²) in [5.74, 6) is 0.290. The van der Waals surface area contributed by atoms with Gasteiger partial charge in [-0.3, -0.25) is 0 Å². The molecule has 132 valence electrons. The smallest absolute Gasteiger partial charge is 0.125 e. The summed E-state index contributed by atoms with van der Waals surface area (Å²) in [4.78, 5) is 8.88. The van der Waals surface area contributed by atoms with Gasteiger partial charge in [0.1, 0.15) is 11.6 Å². The maximum Gasteiger partial charge on any atom is 0.125 e. The Bertz CT molecular complexity index is 941. The highest BCUT2D eigenvalue weighted by Gasteiger charge is 2.20. The van der Waals surface area contributed by atoms with E-state index in [4.69, 9.17) is 5.73 Å². The number of hydrogen-bond acceptors (Lipinski definition) is 4. The Kier molecular flexibility index (Phi) is 4.31. The van der Waals surface area contributed by atoms with E-state index < -0.39 is 0 Å². The number of pyridine rings is 1. The standard InChI is InChI=1S/C21H21FN4/c1-25-10-11-26(18-5-2-4-17(22)13-18)20-9-8-15(12-16(20)14-25)19-6-3-7-21(23)24-19/h2-9,12-13H,10-11,14H2,1H3,(H2,23,24). The fourth-order valence-corrected chi connectivity index (χ4v) is 3.42. The minimum atomic E-state index is -0.220. The first-order chi connectivity index (χ1) is 12.6. The first-order valence-corrected chi connectivity index (χ1v) is 8.67. The van der Waals surface area contributed by atoms with E-state index >= 15 is 0 Å². The zero-order valence-electron chi connectivity index (χ0n) is 14.7. The van der Waals surface area contributed by atoms with Crippen LogP contribution in [0.4, 0.5) is 21.6 Å². The fraction of sp³-hybridized carbons (Fsp3) is 0.190. The Labute approximate surface area is 152 Å². The van der Waals surface area contributed by atoms with Gasteiger partial charge in [-0.05, 0) is 55.1 Å². The van der Waals surface area contributed by atoms with E-state index in [9.17, 15) is 4.39 Å². The summed E-state index contributed by atoms with van der Waals surface area (Å²) in [5, 5.41) is 0. The number of aromatic nitrogens is 1. The van der Waals surface area contributed by atoms with Crippen LogP contribution in [0.15, 0.2) is 60.7 Å². The SMILES string of the molecule is CN1CCN(c2cccc(F)c2)c2ccc(-c3cccc(N)n3)cc2C1. The molecule has 2 N–H and O–H groups in total. The quantitative estimate of drug-likeness (QED) is 0.759. The summed E-state index contributed by atoms with van der Waals surface area (Å²) in [6.45, 7) is 2.54. The average Bonchev–Trinajstić information content (AvgIpc) is 2.79. The van der Waals surface area contributed by atoms with Crippen molar-refractivity contribution in [1.82, 2.24) is 9.88 Å². The normalized spacial score (nSPS) is 14.8. The zero-order chi connectivity index (χ0) is 18.1. The molecule has 3 aromatic rings. The Morgan fingerprint density at radius 1 is 1.00 bits per heavy atom. The van der Waals surface area contributed by atoms with Crippen LogP contribution in [0, 0.1) is 5.82 Å². The molecule has 4 rings (SSSR count). The number of rotatable bonds is 2. The highest BCUT2D eigenvalue weighted by molar-refractivity contribution is 5.72. The van der Waals surface area contributed by atoms with Gasteiger partial charge in [0.05, 0.1) is 5.69 Å². The first-order valence-electron chi connectivity index (χ1n) is 8.67. The number of nitrogen functional groups attached to an aromatic ring is 1. The zero-order valence-corrected chi connectivity index (χ0v) is 14.7. The molecule has 0 aliphatic carbocycles. The second-order valence-electron chi connectivity index (χ2n) is 6.66. The maximum atomic E-state index is 13.7. The molecular formula is C21H21FN4. The van der Waals surface area contributed by atoms with Crippen molar-refractivity contribution in [3.8, 4) is 11.3 Å². The number of fused-ring (bicyclic) bond motifs is 1. The van der Waals surface area contributed by atoms with Crippen LogP contribution >= 0.6 is 0 Å². The number of hydrogen-bond donors (Lipinski definition) is 1. The molecule has 2 aromatic carbocycles. The van der Waals surface area contributed by atoms with Gasteiger partial charge >= 0.3 is 0 Å². The summed E-state index contributed by atoms with van der Waals surface area (Å²) >= 11 is 0.